The van der Waals surface area contributed by atoms with Crippen LogP contribution in [0.25, 0.3) is 0 Å². The fraction of sp³-hybridized carbons (Fsp3) is 0.562. The van der Waals surface area contributed by atoms with Gasteiger partial charge in [-0.3, -0.25) is 4.79 Å². The lowest BCUT2D eigenvalue weighted by molar-refractivity contribution is -0.143. The number of amides is 1. The highest BCUT2D eigenvalue weighted by atomic mass is 79.9. The lowest BCUT2D eigenvalue weighted by Crippen LogP contribution is -2.33. The summed E-state index contributed by atoms with van der Waals surface area (Å²) in [7, 11) is 0. The number of aryl methyl sites for hydroxylation is 1. The van der Waals surface area contributed by atoms with Gasteiger partial charge in [-0.1, -0.05) is 0 Å². The van der Waals surface area contributed by atoms with E-state index in [1.165, 1.54) is 0 Å². The van der Waals surface area contributed by atoms with Crippen LogP contribution < -0.4 is 10.6 Å². The Morgan fingerprint density at radius 2 is 2.00 bits per heavy atom. The van der Waals surface area contributed by atoms with Crippen LogP contribution in [0.1, 0.15) is 32.8 Å². The van der Waals surface area contributed by atoms with Gasteiger partial charge in [0.25, 0.3) is 0 Å². The van der Waals surface area contributed by atoms with Gasteiger partial charge in [-0.25, -0.2) is 9.78 Å². The molecule has 0 spiro atoms. The summed E-state index contributed by atoms with van der Waals surface area (Å²) < 4.78 is 11.1. The van der Waals surface area contributed by atoms with Crippen LogP contribution in [-0.2, 0) is 14.3 Å². The van der Waals surface area contributed by atoms with E-state index < -0.39 is 11.7 Å². The summed E-state index contributed by atoms with van der Waals surface area (Å²) in [5, 5.41) is 5.60. The normalized spacial score (nSPS) is 10.9. The van der Waals surface area contributed by atoms with Crippen LogP contribution in [0.15, 0.2) is 16.7 Å². The Hall–Kier alpha value is -1.83. The van der Waals surface area contributed by atoms with Crippen molar-refractivity contribution in [2.75, 3.05) is 25.0 Å². The number of alkyl carbamates (subject to hydrolysis) is 1. The number of anilines is 1. The summed E-state index contributed by atoms with van der Waals surface area (Å²) in [4.78, 5) is 27.2. The molecule has 0 aliphatic rings. The molecular weight excluding hydrogens is 378 g/mol. The van der Waals surface area contributed by atoms with Gasteiger partial charge >= 0.3 is 12.1 Å². The van der Waals surface area contributed by atoms with Gasteiger partial charge in [0, 0.05) is 17.2 Å². The number of nitrogens with one attached hydrogen (secondary N) is 2. The summed E-state index contributed by atoms with van der Waals surface area (Å²) in [6.07, 6.45) is 1.24. The Morgan fingerprint density at radius 1 is 1.29 bits per heavy atom. The number of aromatic nitrogens is 1. The quantitative estimate of drug-likeness (QED) is 0.538. The molecule has 0 aromatic carbocycles. The number of esters is 1. The molecule has 1 aromatic heterocycles. The summed E-state index contributed by atoms with van der Waals surface area (Å²) >= 11 is 3.35. The maximum absolute atomic E-state index is 11.6. The molecule has 7 nitrogen and oxygen atoms in total. The standard InChI is InChI=1S/C16H24BrN3O4/c1-11-9-12(17)10-20-14(11)18-7-8-23-13(21)5-6-19-15(22)24-16(2,3)4/h9-10H,5-8H2,1-4H3,(H,18,20)(H,19,22). The third kappa shape index (κ3) is 8.71. The van der Waals surface area contributed by atoms with Crippen molar-refractivity contribution in [1.82, 2.24) is 10.3 Å². The van der Waals surface area contributed by atoms with Gasteiger partial charge in [-0.05, 0) is 55.3 Å². The van der Waals surface area contributed by atoms with E-state index in [1.807, 2.05) is 13.0 Å². The Morgan fingerprint density at radius 3 is 2.62 bits per heavy atom. The minimum atomic E-state index is -0.560. The van der Waals surface area contributed by atoms with E-state index in [0.29, 0.717) is 6.54 Å². The molecular formula is C16H24BrN3O4. The predicted molar refractivity (Wildman–Crippen MR) is 95.0 cm³/mol. The van der Waals surface area contributed by atoms with Crippen molar-refractivity contribution in [3.8, 4) is 0 Å². The lowest BCUT2D eigenvalue weighted by atomic mass is 10.2. The maximum atomic E-state index is 11.6. The first-order valence-electron chi connectivity index (χ1n) is 7.66. The summed E-state index contributed by atoms with van der Waals surface area (Å²) in [5.74, 6) is 0.370. The zero-order chi connectivity index (χ0) is 18.2. The number of nitrogens with zero attached hydrogens (tertiary/aromatic N) is 1. The monoisotopic (exact) mass is 401 g/mol. The predicted octanol–water partition coefficient (Wildman–Crippen LogP) is 3.02. The average Bonchev–Trinajstić information content (AvgIpc) is 2.43. The van der Waals surface area contributed by atoms with Crippen molar-refractivity contribution in [1.29, 1.82) is 0 Å². The molecule has 1 aromatic rings. The fourth-order valence-electron chi connectivity index (χ4n) is 1.71. The lowest BCUT2D eigenvalue weighted by Gasteiger charge is -2.19. The summed E-state index contributed by atoms with van der Waals surface area (Å²) in [6, 6.07) is 1.95. The second kappa shape index (κ2) is 9.46. The van der Waals surface area contributed by atoms with Gasteiger partial charge in [0.2, 0.25) is 0 Å². The van der Waals surface area contributed by atoms with E-state index in [1.54, 1.807) is 27.0 Å². The molecule has 0 aliphatic carbocycles. The molecule has 1 rings (SSSR count). The van der Waals surface area contributed by atoms with E-state index in [4.69, 9.17) is 9.47 Å². The fourth-order valence-corrected chi connectivity index (χ4v) is 2.16. The third-order valence-electron chi connectivity index (χ3n) is 2.70. The van der Waals surface area contributed by atoms with Crippen LogP contribution in [0.2, 0.25) is 0 Å². The molecule has 1 amide bonds. The molecule has 0 radical (unpaired) electrons. The van der Waals surface area contributed by atoms with Crippen LogP contribution in [-0.4, -0.2) is 42.3 Å². The Bertz CT molecular complexity index is 573. The van der Waals surface area contributed by atoms with Crippen molar-refractivity contribution in [2.24, 2.45) is 0 Å². The van der Waals surface area contributed by atoms with E-state index in [2.05, 4.69) is 31.5 Å². The van der Waals surface area contributed by atoms with Crippen LogP contribution in [0.3, 0.4) is 0 Å². The van der Waals surface area contributed by atoms with Crippen molar-refractivity contribution >= 4 is 33.8 Å². The Labute approximate surface area is 150 Å². The SMILES string of the molecule is Cc1cc(Br)cnc1NCCOC(=O)CCNC(=O)OC(C)(C)C. The molecule has 0 atom stereocenters. The van der Waals surface area contributed by atoms with Gasteiger partial charge in [0.15, 0.2) is 0 Å². The first-order valence-corrected chi connectivity index (χ1v) is 8.45. The van der Waals surface area contributed by atoms with Gasteiger partial charge in [0.1, 0.15) is 18.0 Å². The highest BCUT2D eigenvalue weighted by molar-refractivity contribution is 9.10. The highest BCUT2D eigenvalue weighted by Crippen LogP contribution is 2.16. The Kier molecular flexibility index (Phi) is 7.97. The molecule has 1 heterocycles. The van der Waals surface area contributed by atoms with Crippen molar-refractivity contribution in [2.45, 2.75) is 39.7 Å². The average molecular weight is 402 g/mol. The molecule has 0 bridgehead atoms. The van der Waals surface area contributed by atoms with Gasteiger partial charge in [0.05, 0.1) is 13.0 Å². The smallest absolute Gasteiger partial charge is 0.407 e. The minimum absolute atomic E-state index is 0.0921. The number of carbonyl (C=O) groups excluding carboxylic acids is 2. The van der Waals surface area contributed by atoms with Crippen molar-refractivity contribution in [3.05, 3.63) is 22.3 Å². The largest absolute Gasteiger partial charge is 0.464 e. The second-order valence-corrected chi connectivity index (χ2v) is 7.06. The number of hydrogen-bond donors (Lipinski definition) is 2. The van der Waals surface area contributed by atoms with Crippen LogP contribution >= 0.6 is 15.9 Å². The first-order chi connectivity index (χ1) is 11.2. The highest BCUT2D eigenvalue weighted by Gasteiger charge is 2.16. The zero-order valence-electron chi connectivity index (χ0n) is 14.4. The molecule has 2 N–H and O–H groups in total. The van der Waals surface area contributed by atoms with E-state index >= 15 is 0 Å². The minimum Gasteiger partial charge on any atom is -0.464 e. The van der Waals surface area contributed by atoms with E-state index in [-0.39, 0.29) is 25.5 Å². The molecule has 8 heteroatoms. The molecule has 0 aliphatic heterocycles. The number of rotatable bonds is 7. The third-order valence-corrected chi connectivity index (χ3v) is 3.13. The zero-order valence-corrected chi connectivity index (χ0v) is 16.0. The molecule has 0 saturated carbocycles. The molecule has 0 unspecified atom stereocenters. The van der Waals surface area contributed by atoms with Gasteiger partial charge < -0.3 is 20.1 Å². The maximum Gasteiger partial charge on any atom is 0.407 e. The van der Waals surface area contributed by atoms with Crippen molar-refractivity contribution < 1.29 is 19.1 Å². The topological polar surface area (TPSA) is 89.6 Å². The number of pyridine rings is 1. The van der Waals surface area contributed by atoms with Crippen LogP contribution in [0.4, 0.5) is 10.6 Å². The van der Waals surface area contributed by atoms with Crippen LogP contribution in [0, 0.1) is 6.92 Å². The van der Waals surface area contributed by atoms with Gasteiger partial charge in [-0.2, -0.15) is 0 Å². The van der Waals surface area contributed by atoms with Gasteiger partial charge in [-0.15, -0.1) is 0 Å². The number of hydrogen-bond acceptors (Lipinski definition) is 6. The molecule has 134 valence electrons. The number of ether oxygens (including phenoxy) is 2. The van der Waals surface area contributed by atoms with E-state index in [0.717, 1.165) is 15.9 Å². The molecule has 0 saturated heterocycles. The first kappa shape index (κ1) is 20.2. The Balaban J connectivity index is 2.15. The summed E-state index contributed by atoms with van der Waals surface area (Å²) in [5.41, 5.74) is 0.437. The number of halogens is 1. The molecule has 24 heavy (non-hydrogen) atoms. The molecule has 0 fully saturated rings. The number of carbonyl (C=O) groups is 2. The van der Waals surface area contributed by atoms with Crippen molar-refractivity contribution in [3.63, 3.8) is 0 Å². The summed E-state index contributed by atoms with van der Waals surface area (Å²) in [6.45, 7) is 8.12. The van der Waals surface area contributed by atoms with E-state index in [9.17, 15) is 9.59 Å². The second-order valence-electron chi connectivity index (χ2n) is 6.14. The van der Waals surface area contributed by atoms with Crippen LogP contribution in [0.5, 0.6) is 0 Å².